The van der Waals surface area contributed by atoms with Crippen molar-refractivity contribution in [3.05, 3.63) is 24.3 Å². The van der Waals surface area contributed by atoms with Crippen LogP contribution in [-0.4, -0.2) is 40.1 Å². The molecule has 0 aromatic heterocycles. The molecule has 0 bridgehead atoms. The fourth-order valence-electron chi connectivity index (χ4n) is 4.79. The van der Waals surface area contributed by atoms with E-state index in [1.807, 2.05) is 13.0 Å². The van der Waals surface area contributed by atoms with Crippen LogP contribution in [0.3, 0.4) is 0 Å². The summed E-state index contributed by atoms with van der Waals surface area (Å²) in [4.78, 5) is 0. The molecule has 30 heavy (non-hydrogen) atoms. The molecule has 0 fully saturated rings. The summed E-state index contributed by atoms with van der Waals surface area (Å²) in [5, 5.41) is 11.1. The molecule has 0 spiro atoms. The minimum absolute atomic E-state index is 0.108. The lowest BCUT2D eigenvalue weighted by Gasteiger charge is -2.46. The number of aliphatic hydroxyl groups is 1. The van der Waals surface area contributed by atoms with Gasteiger partial charge in [0, 0.05) is 5.92 Å². The maximum atomic E-state index is 11.0. The number of allylic oxidation sites excluding steroid dienone is 1. The van der Waals surface area contributed by atoms with E-state index in [0.717, 1.165) is 12.0 Å². The van der Waals surface area contributed by atoms with Gasteiger partial charge >= 0.3 is 0 Å². The van der Waals surface area contributed by atoms with Crippen molar-refractivity contribution in [1.82, 2.24) is 0 Å². The molecule has 0 heterocycles. The third kappa shape index (κ3) is 5.97. The van der Waals surface area contributed by atoms with E-state index < -0.39 is 22.2 Å². The van der Waals surface area contributed by atoms with Gasteiger partial charge in [-0.3, -0.25) is 0 Å². The molecule has 1 rings (SSSR count). The van der Waals surface area contributed by atoms with Crippen LogP contribution in [0, 0.1) is 5.92 Å². The standard InChI is InChI=1S/C25H50O3Si2/c1-18(2)30(19(3)4,20(5)6)27-17-21(7)22-14-15-25(11,26)23(16-22)28-29(12,13)24(8,9)10/h14-15,18-20,22-23,26H,7,16-17H2,1-6,8-13H3/t22-,23-,25+/m1/s1. The van der Waals surface area contributed by atoms with Crippen LogP contribution in [-0.2, 0) is 8.85 Å². The molecular weight excluding hydrogens is 404 g/mol. The summed E-state index contributed by atoms with van der Waals surface area (Å²) in [6.45, 7) is 32.0. The van der Waals surface area contributed by atoms with Gasteiger partial charge in [-0.05, 0) is 53.7 Å². The van der Waals surface area contributed by atoms with Gasteiger partial charge in [0.1, 0.15) is 5.60 Å². The summed E-state index contributed by atoms with van der Waals surface area (Å²) in [5.74, 6) is 0.179. The second-order valence-corrected chi connectivity index (χ2v) is 22.3. The molecule has 3 nitrogen and oxygen atoms in total. The van der Waals surface area contributed by atoms with Crippen LogP contribution in [0.25, 0.3) is 0 Å². The van der Waals surface area contributed by atoms with Crippen molar-refractivity contribution in [1.29, 1.82) is 0 Å². The smallest absolute Gasteiger partial charge is 0.200 e. The average molecular weight is 455 g/mol. The molecule has 0 amide bonds. The van der Waals surface area contributed by atoms with Crippen LogP contribution >= 0.6 is 0 Å². The van der Waals surface area contributed by atoms with E-state index >= 15 is 0 Å². The lowest BCUT2D eigenvalue weighted by Crippen LogP contribution is -2.52. The monoisotopic (exact) mass is 454 g/mol. The predicted molar refractivity (Wildman–Crippen MR) is 136 cm³/mol. The number of hydrogen-bond donors (Lipinski definition) is 1. The summed E-state index contributed by atoms with van der Waals surface area (Å²) in [7, 11) is -3.91. The quantitative estimate of drug-likeness (QED) is 0.290. The Balaban J connectivity index is 2.99. The average Bonchev–Trinajstić information content (AvgIpc) is 2.54. The molecule has 0 aromatic rings. The van der Waals surface area contributed by atoms with Gasteiger partial charge in [0.25, 0.3) is 0 Å². The Morgan fingerprint density at radius 3 is 1.97 bits per heavy atom. The molecule has 3 atom stereocenters. The Bertz CT molecular complexity index is 591. The van der Waals surface area contributed by atoms with E-state index in [0.29, 0.717) is 23.2 Å². The minimum atomic E-state index is -1.99. The van der Waals surface area contributed by atoms with Gasteiger partial charge < -0.3 is 14.0 Å². The van der Waals surface area contributed by atoms with E-state index in [1.165, 1.54) is 0 Å². The van der Waals surface area contributed by atoms with Crippen molar-refractivity contribution in [2.24, 2.45) is 5.92 Å². The zero-order valence-corrected chi connectivity index (χ0v) is 23.9. The van der Waals surface area contributed by atoms with E-state index in [2.05, 4.69) is 88.1 Å². The second-order valence-electron chi connectivity index (χ2n) is 12.1. The Hall–Kier alpha value is -0.206. The van der Waals surface area contributed by atoms with Crippen molar-refractivity contribution in [3.8, 4) is 0 Å². The lowest BCUT2D eigenvalue weighted by molar-refractivity contribution is -0.0323. The first-order valence-corrected chi connectivity index (χ1v) is 16.8. The molecule has 1 aliphatic rings. The second kappa shape index (κ2) is 9.74. The van der Waals surface area contributed by atoms with Gasteiger partial charge in [-0.2, -0.15) is 0 Å². The first-order valence-electron chi connectivity index (χ1n) is 11.8. The largest absolute Gasteiger partial charge is 0.412 e. The predicted octanol–water partition coefficient (Wildman–Crippen LogP) is 7.45. The highest BCUT2D eigenvalue weighted by molar-refractivity contribution is 6.77. The van der Waals surface area contributed by atoms with Crippen molar-refractivity contribution < 1.29 is 14.0 Å². The zero-order chi connectivity index (χ0) is 23.7. The number of rotatable bonds is 9. The molecule has 1 N–H and O–H groups in total. The molecule has 0 aliphatic heterocycles. The maximum absolute atomic E-state index is 11.0. The molecule has 0 saturated heterocycles. The van der Waals surface area contributed by atoms with E-state index in [9.17, 15) is 5.11 Å². The van der Waals surface area contributed by atoms with E-state index in [4.69, 9.17) is 8.85 Å². The lowest BCUT2D eigenvalue weighted by atomic mass is 9.81. The highest BCUT2D eigenvalue weighted by Crippen LogP contribution is 2.44. The van der Waals surface area contributed by atoms with Crippen molar-refractivity contribution in [2.75, 3.05) is 6.61 Å². The Morgan fingerprint density at radius 1 is 1.10 bits per heavy atom. The maximum Gasteiger partial charge on any atom is 0.200 e. The van der Waals surface area contributed by atoms with Gasteiger partial charge in [-0.1, -0.05) is 81.0 Å². The van der Waals surface area contributed by atoms with Crippen molar-refractivity contribution in [2.45, 2.75) is 122 Å². The summed E-state index contributed by atoms with van der Waals surface area (Å²) >= 11 is 0. The van der Waals surface area contributed by atoms with Gasteiger partial charge in [-0.25, -0.2) is 0 Å². The van der Waals surface area contributed by atoms with Gasteiger partial charge in [0.05, 0.1) is 12.7 Å². The summed E-state index contributed by atoms with van der Waals surface area (Å²) in [6, 6.07) is 0. The van der Waals surface area contributed by atoms with Crippen molar-refractivity contribution in [3.63, 3.8) is 0 Å². The third-order valence-electron chi connectivity index (χ3n) is 7.77. The Morgan fingerprint density at radius 2 is 1.57 bits per heavy atom. The Kier molecular flexibility index (Phi) is 9.03. The summed E-state index contributed by atoms with van der Waals surface area (Å²) in [6.07, 6.45) is 4.58. The fraction of sp³-hybridized carbons (Fsp3) is 0.840. The molecule has 0 unspecified atom stereocenters. The van der Waals surface area contributed by atoms with Crippen LogP contribution in [0.4, 0.5) is 0 Å². The molecule has 1 aliphatic carbocycles. The molecule has 0 aromatic carbocycles. The van der Waals surface area contributed by atoms with E-state index in [-0.39, 0.29) is 17.1 Å². The van der Waals surface area contributed by atoms with Gasteiger partial charge in [0.15, 0.2) is 8.32 Å². The van der Waals surface area contributed by atoms with Crippen LogP contribution in [0.1, 0.15) is 75.7 Å². The number of hydrogen-bond acceptors (Lipinski definition) is 3. The van der Waals surface area contributed by atoms with E-state index in [1.54, 1.807) is 0 Å². The molecule has 0 saturated carbocycles. The fourth-order valence-corrected chi connectivity index (χ4v) is 11.6. The zero-order valence-electron chi connectivity index (χ0n) is 21.9. The highest BCUT2D eigenvalue weighted by atomic mass is 28.4. The molecule has 176 valence electrons. The summed E-state index contributed by atoms with van der Waals surface area (Å²) < 4.78 is 13.4. The molecular formula is C25H50O3Si2. The molecule has 0 radical (unpaired) electrons. The summed E-state index contributed by atoms with van der Waals surface area (Å²) in [5.41, 5.74) is 1.83. The first-order chi connectivity index (χ1) is 13.4. The molecule has 5 heteroatoms. The van der Waals surface area contributed by atoms with Gasteiger partial charge in [0.2, 0.25) is 8.32 Å². The van der Waals surface area contributed by atoms with Crippen LogP contribution in [0.5, 0.6) is 0 Å². The van der Waals surface area contributed by atoms with Crippen LogP contribution < -0.4 is 0 Å². The van der Waals surface area contributed by atoms with Crippen molar-refractivity contribution >= 4 is 16.6 Å². The normalized spacial score (nSPS) is 26.1. The first kappa shape index (κ1) is 27.8. The topological polar surface area (TPSA) is 38.7 Å². The van der Waals surface area contributed by atoms with Crippen LogP contribution in [0.15, 0.2) is 24.3 Å². The third-order valence-corrected chi connectivity index (χ3v) is 18.3. The minimum Gasteiger partial charge on any atom is -0.412 e. The van der Waals surface area contributed by atoms with Gasteiger partial charge in [-0.15, -0.1) is 0 Å². The highest BCUT2D eigenvalue weighted by Gasteiger charge is 2.47. The Labute approximate surface area is 189 Å². The van der Waals surface area contributed by atoms with Crippen LogP contribution in [0.2, 0.25) is 34.8 Å². The SMILES string of the molecule is C=C(CO[Si](C(C)C)(C(C)C)C(C)C)[C@@H]1C=C[C@](C)(O)[C@H](O[Si](C)(C)C(C)(C)C)C1.